The predicted molar refractivity (Wildman–Crippen MR) is 100.0 cm³/mol. The zero-order chi connectivity index (χ0) is 18.5. The van der Waals surface area contributed by atoms with Crippen molar-refractivity contribution in [3.8, 4) is 12.3 Å². The van der Waals surface area contributed by atoms with Gasteiger partial charge in [0, 0.05) is 22.6 Å². The Morgan fingerprint density at radius 3 is 2.65 bits per heavy atom. The molecule has 0 bridgehead atoms. The van der Waals surface area contributed by atoms with Crippen LogP contribution in [0.15, 0.2) is 48.5 Å². The molecular formula is C22H19FN2O. The monoisotopic (exact) mass is 346 g/mol. The Hall–Kier alpha value is -3.06. The summed E-state index contributed by atoms with van der Waals surface area (Å²) in [5, 5.41) is 1.15. The first kappa shape index (κ1) is 16.4. The van der Waals surface area contributed by atoms with Crippen LogP contribution in [-0.4, -0.2) is 21.8 Å². The second kappa shape index (κ2) is 5.74. The summed E-state index contributed by atoms with van der Waals surface area (Å²) in [6, 6.07) is 14.3. The van der Waals surface area contributed by atoms with Gasteiger partial charge in [-0.3, -0.25) is 4.79 Å². The highest BCUT2D eigenvalue weighted by molar-refractivity contribution is 5.95. The van der Waals surface area contributed by atoms with Gasteiger partial charge < -0.3 is 9.88 Å². The molecule has 2 aromatic carbocycles. The minimum atomic E-state index is -0.802. The van der Waals surface area contributed by atoms with Crippen LogP contribution in [0.3, 0.4) is 0 Å². The number of aromatic amines is 1. The molecule has 0 spiro atoms. The van der Waals surface area contributed by atoms with Crippen molar-refractivity contribution >= 4 is 16.8 Å². The van der Waals surface area contributed by atoms with Crippen LogP contribution in [0.5, 0.6) is 0 Å². The molecule has 1 aromatic heterocycles. The van der Waals surface area contributed by atoms with Crippen molar-refractivity contribution in [2.45, 2.75) is 31.8 Å². The topological polar surface area (TPSA) is 36.1 Å². The van der Waals surface area contributed by atoms with Crippen LogP contribution < -0.4 is 0 Å². The van der Waals surface area contributed by atoms with E-state index in [2.05, 4.69) is 17.0 Å². The fraction of sp³-hybridized carbons (Fsp3) is 0.227. The summed E-state index contributed by atoms with van der Waals surface area (Å²) in [6.45, 7) is 3.97. The first-order valence-corrected chi connectivity index (χ1v) is 8.63. The van der Waals surface area contributed by atoms with E-state index in [1.165, 1.54) is 17.7 Å². The van der Waals surface area contributed by atoms with Crippen molar-refractivity contribution in [2.24, 2.45) is 0 Å². The average molecular weight is 346 g/mol. The molecule has 1 N–H and O–H groups in total. The molecule has 3 nitrogen and oxygen atoms in total. The number of fused-ring (bicyclic) bond motifs is 3. The molecule has 0 fully saturated rings. The number of hydrogen-bond acceptors (Lipinski definition) is 1. The Bertz CT molecular complexity index is 1040. The number of benzene rings is 2. The maximum atomic E-state index is 13.5. The molecule has 3 aromatic rings. The Kier molecular flexibility index (Phi) is 3.62. The van der Waals surface area contributed by atoms with Crippen molar-refractivity contribution in [1.82, 2.24) is 9.88 Å². The lowest BCUT2D eigenvalue weighted by Gasteiger charge is -2.48. The van der Waals surface area contributed by atoms with Gasteiger partial charge in [0.05, 0.1) is 0 Å². The Morgan fingerprint density at radius 1 is 1.27 bits per heavy atom. The normalized spacial score (nSPS) is 22.1. The van der Waals surface area contributed by atoms with Crippen LogP contribution in [-0.2, 0) is 16.8 Å². The molecule has 2 heterocycles. The van der Waals surface area contributed by atoms with Crippen LogP contribution >= 0.6 is 0 Å². The highest BCUT2D eigenvalue weighted by Gasteiger charge is 2.47. The molecular weight excluding hydrogens is 327 g/mol. The zero-order valence-electron chi connectivity index (χ0n) is 14.7. The van der Waals surface area contributed by atoms with Gasteiger partial charge in [0.1, 0.15) is 11.4 Å². The van der Waals surface area contributed by atoms with E-state index in [-0.39, 0.29) is 17.8 Å². The van der Waals surface area contributed by atoms with E-state index in [9.17, 15) is 9.18 Å². The molecule has 0 radical (unpaired) electrons. The molecule has 1 aliphatic heterocycles. The van der Waals surface area contributed by atoms with Gasteiger partial charge in [0.15, 0.2) is 0 Å². The number of aromatic nitrogens is 1. The SMILES string of the molecule is C#CC(=O)N1[C@@H](C)Cc2c([nH]c3ccccc23)[C@]1(C)c1ccc(F)cc1. The van der Waals surface area contributed by atoms with Gasteiger partial charge in [0.25, 0.3) is 5.91 Å². The summed E-state index contributed by atoms with van der Waals surface area (Å²) in [5.41, 5.74) is 3.16. The highest BCUT2D eigenvalue weighted by Crippen LogP contribution is 2.45. The summed E-state index contributed by atoms with van der Waals surface area (Å²) >= 11 is 0. The number of halogens is 1. The summed E-state index contributed by atoms with van der Waals surface area (Å²) in [5.74, 6) is 1.59. The van der Waals surface area contributed by atoms with Crippen molar-refractivity contribution in [3.63, 3.8) is 0 Å². The Balaban J connectivity index is 2.05. The number of terminal acetylenes is 1. The van der Waals surface area contributed by atoms with Crippen LogP contribution in [0, 0.1) is 18.2 Å². The van der Waals surface area contributed by atoms with Gasteiger partial charge in [-0.1, -0.05) is 30.3 Å². The second-order valence-electron chi connectivity index (χ2n) is 6.98. The summed E-state index contributed by atoms with van der Waals surface area (Å²) in [6.07, 6.45) is 6.18. The van der Waals surface area contributed by atoms with E-state index in [0.717, 1.165) is 22.2 Å². The highest BCUT2D eigenvalue weighted by atomic mass is 19.1. The number of nitrogens with zero attached hydrogens (tertiary/aromatic N) is 1. The van der Waals surface area contributed by atoms with Gasteiger partial charge >= 0.3 is 0 Å². The number of H-pyrrole nitrogens is 1. The second-order valence-corrected chi connectivity index (χ2v) is 6.98. The number of carbonyl (C=O) groups excluding carboxylic acids is 1. The van der Waals surface area contributed by atoms with Gasteiger partial charge in [-0.2, -0.15) is 0 Å². The fourth-order valence-electron chi connectivity index (χ4n) is 4.31. The molecule has 4 rings (SSSR count). The maximum Gasteiger partial charge on any atom is 0.299 e. The van der Waals surface area contributed by atoms with E-state index in [1.807, 2.05) is 32.0 Å². The summed E-state index contributed by atoms with van der Waals surface area (Å²) < 4.78 is 13.5. The number of carbonyl (C=O) groups is 1. The Labute approximate surface area is 151 Å². The van der Waals surface area contributed by atoms with Crippen LogP contribution in [0.1, 0.15) is 30.7 Å². The molecule has 2 atom stereocenters. The van der Waals surface area contributed by atoms with Crippen molar-refractivity contribution in [1.29, 1.82) is 0 Å². The quantitative estimate of drug-likeness (QED) is 0.665. The molecule has 0 unspecified atom stereocenters. The molecule has 0 aliphatic carbocycles. The summed E-state index contributed by atoms with van der Waals surface area (Å²) in [7, 11) is 0. The average Bonchev–Trinajstić information content (AvgIpc) is 3.01. The third kappa shape index (κ3) is 2.17. The lowest BCUT2D eigenvalue weighted by Crippen LogP contribution is -2.56. The zero-order valence-corrected chi connectivity index (χ0v) is 14.7. The number of rotatable bonds is 1. The Morgan fingerprint density at radius 2 is 1.96 bits per heavy atom. The first-order chi connectivity index (χ1) is 12.5. The van der Waals surface area contributed by atoms with Gasteiger partial charge in [0.2, 0.25) is 0 Å². The molecule has 0 saturated heterocycles. The molecule has 130 valence electrons. The number of nitrogens with one attached hydrogen (secondary N) is 1. The van der Waals surface area contributed by atoms with Crippen molar-refractivity contribution < 1.29 is 9.18 Å². The van der Waals surface area contributed by atoms with Gasteiger partial charge in [-0.05, 0) is 55.5 Å². The largest absolute Gasteiger partial charge is 0.356 e. The number of amides is 1. The van der Waals surface area contributed by atoms with Crippen molar-refractivity contribution in [3.05, 3.63) is 71.2 Å². The molecule has 1 aliphatic rings. The van der Waals surface area contributed by atoms with Crippen molar-refractivity contribution in [2.75, 3.05) is 0 Å². The third-order valence-corrected chi connectivity index (χ3v) is 5.47. The van der Waals surface area contributed by atoms with E-state index < -0.39 is 5.54 Å². The lowest BCUT2D eigenvalue weighted by molar-refractivity contribution is -0.133. The molecule has 26 heavy (non-hydrogen) atoms. The van der Waals surface area contributed by atoms with Crippen LogP contribution in [0.2, 0.25) is 0 Å². The smallest absolute Gasteiger partial charge is 0.299 e. The van der Waals surface area contributed by atoms with E-state index in [0.29, 0.717) is 6.42 Å². The van der Waals surface area contributed by atoms with Crippen LogP contribution in [0.25, 0.3) is 10.9 Å². The van der Waals surface area contributed by atoms with Gasteiger partial charge in [-0.25, -0.2) is 4.39 Å². The minimum Gasteiger partial charge on any atom is -0.356 e. The van der Waals surface area contributed by atoms with E-state index >= 15 is 0 Å². The van der Waals surface area contributed by atoms with E-state index in [1.54, 1.807) is 17.0 Å². The van der Waals surface area contributed by atoms with Crippen LogP contribution in [0.4, 0.5) is 4.39 Å². The maximum absolute atomic E-state index is 13.5. The molecule has 4 heteroatoms. The molecule has 0 saturated carbocycles. The number of hydrogen-bond donors (Lipinski definition) is 1. The molecule has 1 amide bonds. The van der Waals surface area contributed by atoms with E-state index in [4.69, 9.17) is 6.42 Å². The van der Waals surface area contributed by atoms with Gasteiger partial charge in [-0.15, -0.1) is 6.42 Å². The lowest BCUT2D eigenvalue weighted by atomic mass is 9.78. The minimum absolute atomic E-state index is 0.0830. The summed E-state index contributed by atoms with van der Waals surface area (Å²) in [4.78, 5) is 17.9. The first-order valence-electron chi connectivity index (χ1n) is 8.63. The standard InChI is InChI=1S/C22H19FN2O/c1-4-20(26)25-14(2)13-18-17-7-5-6-8-19(17)24-21(18)22(25,3)15-9-11-16(23)12-10-15/h1,5-12,14,24H,13H2,2-3H3/t14-,22-/m0/s1. The fourth-order valence-corrected chi connectivity index (χ4v) is 4.31. The predicted octanol–water partition coefficient (Wildman–Crippen LogP) is 3.98. The number of para-hydroxylation sites is 1. The third-order valence-electron chi connectivity index (χ3n) is 5.47.